The quantitative estimate of drug-likeness (QED) is 0.731. The largest absolute Gasteiger partial charge is 0.379 e. The Morgan fingerprint density at radius 1 is 1.39 bits per heavy atom. The van der Waals surface area contributed by atoms with Crippen LogP contribution in [-0.4, -0.2) is 24.8 Å². The van der Waals surface area contributed by atoms with E-state index in [0.29, 0.717) is 11.5 Å². The molecule has 0 bridgehead atoms. The van der Waals surface area contributed by atoms with E-state index in [0.717, 1.165) is 23.3 Å². The topological polar surface area (TPSA) is 95.7 Å². The molecule has 92 valence electrons. The SMILES string of the molecule is CCn1c(-c2nonc2N)nc2c(C)nccc21. The van der Waals surface area contributed by atoms with E-state index in [1.54, 1.807) is 6.20 Å². The Labute approximate surface area is 103 Å². The van der Waals surface area contributed by atoms with Crippen LogP contribution in [0.25, 0.3) is 22.6 Å². The molecule has 2 N–H and O–H groups in total. The van der Waals surface area contributed by atoms with Crippen LogP contribution in [0.2, 0.25) is 0 Å². The summed E-state index contributed by atoms with van der Waals surface area (Å²) < 4.78 is 6.65. The third kappa shape index (κ3) is 1.37. The second kappa shape index (κ2) is 3.80. The Morgan fingerprint density at radius 2 is 2.22 bits per heavy atom. The molecule has 7 nitrogen and oxygen atoms in total. The Balaban J connectivity index is 2.36. The number of rotatable bonds is 2. The van der Waals surface area contributed by atoms with Crippen molar-refractivity contribution in [2.45, 2.75) is 20.4 Å². The van der Waals surface area contributed by atoms with Crippen LogP contribution in [0.1, 0.15) is 12.6 Å². The van der Waals surface area contributed by atoms with Gasteiger partial charge in [-0.25, -0.2) is 9.61 Å². The molecule has 0 aliphatic heterocycles. The fourth-order valence-electron chi connectivity index (χ4n) is 2.03. The van der Waals surface area contributed by atoms with Crippen molar-refractivity contribution in [1.29, 1.82) is 0 Å². The first-order chi connectivity index (χ1) is 8.72. The van der Waals surface area contributed by atoms with Crippen molar-refractivity contribution in [3.05, 3.63) is 18.0 Å². The standard InChI is InChI=1S/C11H12N6O/c1-3-17-7-4-5-13-6(2)8(7)14-11(17)9-10(12)16-18-15-9/h4-5H,3H2,1-2H3,(H2,12,16). The Bertz CT molecular complexity index is 713. The first kappa shape index (κ1) is 10.7. The van der Waals surface area contributed by atoms with Gasteiger partial charge in [-0.1, -0.05) is 0 Å². The summed E-state index contributed by atoms with van der Waals surface area (Å²) in [6, 6.07) is 1.92. The van der Waals surface area contributed by atoms with E-state index in [9.17, 15) is 0 Å². The van der Waals surface area contributed by atoms with E-state index in [-0.39, 0.29) is 5.82 Å². The van der Waals surface area contributed by atoms with Crippen LogP contribution in [0, 0.1) is 6.92 Å². The summed E-state index contributed by atoms with van der Waals surface area (Å²) in [7, 11) is 0. The molecule has 0 spiro atoms. The van der Waals surface area contributed by atoms with Gasteiger partial charge in [-0.2, -0.15) is 0 Å². The molecule has 7 heteroatoms. The second-order valence-corrected chi connectivity index (χ2v) is 3.94. The molecule has 0 aliphatic carbocycles. The zero-order chi connectivity index (χ0) is 12.7. The predicted octanol–water partition coefficient (Wildman–Crippen LogP) is 1.39. The lowest BCUT2D eigenvalue weighted by Crippen LogP contribution is -1.99. The normalized spacial score (nSPS) is 11.2. The number of aryl methyl sites for hydroxylation is 2. The minimum atomic E-state index is 0.241. The molecule has 3 heterocycles. The minimum absolute atomic E-state index is 0.241. The van der Waals surface area contributed by atoms with Gasteiger partial charge in [0.05, 0.1) is 11.2 Å². The Kier molecular flexibility index (Phi) is 2.26. The number of pyridine rings is 1. The van der Waals surface area contributed by atoms with Crippen LogP contribution in [-0.2, 0) is 6.54 Å². The number of hydrogen-bond acceptors (Lipinski definition) is 6. The lowest BCUT2D eigenvalue weighted by atomic mass is 10.3. The van der Waals surface area contributed by atoms with Gasteiger partial charge in [0.1, 0.15) is 5.52 Å². The third-order valence-corrected chi connectivity index (χ3v) is 2.89. The molecule has 0 saturated heterocycles. The molecule has 0 amide bonds. The molecule has 0 aromatic carbocycles. The van der Waals surface area contributed by atoms with Crippen molar-refractivity contribution in [2.75, 3.05) is 5.73 Å². The summed E-state index contributed by atoms with van der Waals surface area (Å²) in [5.74, 6) is 0.896. The first-order valence-electron chi connectivity index (χ1n) is 5.62. The maximum Gasteiger partial charge on any atom is 0.199 e. The number of aromatic nitrogens is 5. The zero-order valence-corrected chi connectivity index (χ0v) is 10.1. The first-order valence-corrected chi connectivity index (χ1v) is 5.62. The van der Waals surface area contributed by atoms with Crippen LogP contribution in [0.15, 0.2) is 16.9 Å². The summed E-state index contributed by atoms with van der Waals surface area (Å²) in [6.07, 6.45) is 1.76. The molecule has 0 unspecified atom stereocenters. The predicted molar refractivity (Wildman–Crippen MR) is 65.6 cm³/mol. The van der Waals surface area contributed by atoms with Gasteiger partial charge >= 0.3 is 0 Å². The van der Waals surface area contributed by atoms with Crippen molar-refractivity contribution in [1.82, 2.24) is 24.8 Å². The van der Waals surface area contributed by atoms with Crippen molar-refractivity contribution >= 4 is 16.9 Å². The summed E-state index contributed by atoms with van der Waals surface area (Å²) in [5.41, 5.74) is 8.90. The fourth-order valence-corrected chi connectivity index (χ4v) is 2.03. The molecule has 0 atom stereocenters. The molecule has 3 aromatic heterocycles. The van der Waals surface area contributed by atoms with Gasteiger partial charge < -0.3 is 10.3 Å². The summed E-state index contributed by atoms with van der Waals surface area (Å²) in [4.78, 5) is 8.78. The summed E-state index contributed by atoms with van der Waals surface area (Å²) in [6.45, 7) is 4.70. The molecule has 0 fully saturated rings. The van der Waals surface area contributed by atoms with Gasteiger partial charge in [-0.3, -0.25) is 4.98 Å². The Hall–Kier alpha value is -2.44. The molecular formula is C11H12N6O. The molecule has 0 saturated carbocycles. The maximum atomic E-state index is 5.72. The van der Waals surface area contributed by atoms with Crippen LogP contribution < -0.4 is 5.73 Å². The van der Waals surface area contributed by atoms with E-state index >= 15 is 0 Å². The highest BCUT2D eigenvalue weighted by Crippen LogP contribution is 2.27. The average Bonchev–Trinajstić information content (AvgIpc) is 2.92. The van der Waals surface area contributed by atoms with Crippen molar-refractivity contribution in [3.63, 3.8) is 0 Å². The average molecular weight is 244 g/mol. The lowest BCUT2D eigenvalue weighted by Gasteiger charge is -2.02. The monoisotopic (exact) mass is 244 g/mol. The van der Waals surface area contributed by atoms with Gasteiger partial charge in [0.25, 0.3) is 0 Å². The van der Waals surface area contributed by atoms with Crippen molar-refractivity contribution < 1.29 is 4.63 Å². The zero-order valence-electron chi connectivity index (χ0n) is 10.1. The van der Waals surface area contributed by atoms with Crippen molar-refractivity contribution in [2.24, 2.45) is 0 Å². The molecule has 3 aromatic rings. The van der Waals surface area contributed by atoms with Crippen molar-refractivity contribution in [3.8, 4) is 11.5 Å². The number of nitrogens with zero attached hydrogens (tertiary/aromatic N) is 5. The molecular weight excluding hydrogens is 232 g/mol. The minimum Gasteiger partial charge on any atom is -0.379 e. The smallest absolute Gasteiger partial charge is 0.199 e. The number of fused-ring (bicyclic) bond motifs is 1. The number of nitrogens with two attached hydrogens (primary N) is 1. The second-order valence-electron chi connectivity index (χ2n) is 3.94. The molecule has 0 aliphatic rings. The molecule has 0 radical (unpaired) electrons. The van der Waals surface area contributed by atoms with Gasteiger partial charge in [0.15, 0.2) is 17.3 Å². The number of hydrogen-bond donors (Lipinski definition) is 1. The van der Waals surface area contributed by atoms with Gasteiger partial charge in [0.2, 0.25) is 0 Å². The van der Waals surface area contributed by atoms with E-state index < -0.39 is 0 Å². The van der Waals surface area contributed by atoms with Crippen LogP contribution in [0.5, 0.6) is 0 Å². The fraction of sp³-hybridized carbons (Fsp3) is 0.273. The third-order valence-electron chi connectivity index (χ3n) is 2.89. The van der Waals surface area contributed by atoms with Crippen LogP contribution in [0.4, 0.5) is 5.82 Å². The van der Waals surface area contributed by atoms with E-state index in [1.165, 1.54) is 0 Å². The Morgan fingerprint density at radius 3 is 2.89 bits per heavy atom. The maximum absolute atomic E-state index is 5.72. The van der Waals surface area contributed by atoms with Crippen LogP contribution >= 0.6 is 0 Å². The highest BCUT2D eigenvalue weighted by molar-refractivity contribution is 5.82. The van der Waals surface area contributed by atoms with Gasteiger partial charge in [-0.05, 0) is 30.2 Å². The highest BCUT2D eigenvalue weighted by Gasteiger charge is 2.19. The molecule has 18 heavy (non-hydrogen) atoms. The number of imidazole rings is 1. The summed E-state index contributed by atoms with van der Waals surface area (Å²) in [5, 5.41) is 7.39. The molecule has 3 rings (SSSR count). The van der Waals surface area contributed by atoms with E-state index in [1.807, 2.05) is 24.5 Å². The lowest BCUT2D eigenvalue weighted by molar-refractivity contribution is 0.310. The number of anilines is 1. The number of nitrogen functional groups attached to an aromatic ring is 1. The van der Waals surface area contributed by atoms with Crippen LogP contribution in [0.3, 0.4) is 0 Å². The van der Waals surface area contributed by atoms with Gasteiger partial charge in [-0.15, -0.1) is 0 Å². The highest BCUT2D eigenvalue weighted by atomic mass is 16.6. The van der Waals surface area contributed by atoms with E-state index in [4.69, 9.17) is 5.73 Å². The summed E-state index contributed by atoms with van der Waals surface area (Å²) >= 11 is 0. The van der Waals surface area contributed by atoms with E-state index in [2.05, 4.69) is 24.9 Å². The van der Waals surface area contributed by atoms with Gasteiger partial charge in [0, 0.05) is 12.7 Å².